The van der Waals surface area contributed by atoms with Crippen molar-refractivity contribution in [1.29, 1.82) is 0 Å². The molecule has 0 aliphatic heterocycles. The van der Waals surface area contributed by atoms with Gasteiger partial charge in [-0.3, -0.25) is 14.5 Å². The van der Waals surface area contributed by atoms with Gasteiger partial charge in [-0.2, -0.15) is 5.10 Å². The molecule has 0 fully saturated rings. The fraction of sp³-hybridized carbons (Fsp3) is 0.133. The van der Waals surface area contributed by atoms with E-state index in [4.69, 9.17) is 23.1 Å². The Kier molecular flexibility index (Phi) is 4.62. The van der Waals surface area contributed by atoms with Crippen LogP contribution in [-0.2, 0) is 0 Å². The van der Waals surface area contributed by atoms with Crippen LogP contribution < -0.4 is 11.5 Å². The summed E-state index contributed by atoms with van der Waals surface area (Å²) in [5.41, 5.74) is 13.1. The Bertz CT molecular complexity index is 1080. The monoisotopic (exact) mass is 391 g/mol. The topological polar surface area (TPSA) is 137 Å². The Hall–Kier alpha value is -2.98. The highest BCUT2D eigenvalue weighted by Gasteiger charge is 2.20. The average Bonchev–Trinajstić information content (AvgIpc) is 3.05. The molecule has 0 radical (unpaired) electrons. The predicted molar refractivity (Wildman–Crippen MR) is 103 cm³/mol. The third-order valence-electron chi connectivity index (χ3n) is 3.74. The lowest BCUT2D eigenvalue weighted by molar-refractivity contribution is -0.384. The fourth-order valence-corrected chi connectivity index (χ4v) is 3.62. The number of nitro groups is 1. The van der Waals surface area contributed by atoms with E-state index in [1.165, 1.54) is 29.7 Å². The molecule has 2 heterocycles. The highest BCUT2D eigenvalue weighted by Crippen LogP contribution is 2.34. The second-order valence-corrected chi connectivity index (χ2v) is 6.99. The Morgan fingerprint density at radius 3 is 2.81 bits per heavy atom. The van der Waals surface area contributed by atoms with Gasteiger partial charge in [0.05, 0.1) is 22.5 Å². The van der Waals surface area contributed by atoms with Gasteiger partial charge in [-0.15, -0.1) is 16.4 Å². The van der Waals surface area contributed by atoms with E-state index < -0.39 is 4.92 Å². The summed E-state index contributed by atoms with van der Waals surface area (Å²) in [5, 5.41) is 18.7. The van der Waals surface area contributed by atoms with Gasteiger partial charge in [0.1, 0.15) is 5.02 Å². The molecule has 3 aromatic rings. The van der Waals surface area contributed by atoms with E-state index in [1.807, 2.05) is 18.2 Å². The number of fused-ring (bicyclic) bond motifs is 1. The molecule has 3 rings (SSSR count). The normalized spacial score (nSPS) is 11.3. The molecule has 0 saturated heterocycles. The molecule has 1 aromatic carbocycles. The highest BCUT2D eigenvalue weighted by atomic mass is 35.5. The minimum Gasteiger partial charge on any atom is -0.369 e. The summed E-state index contributed by atoms with van der Waals surface area (Å²) in [4.78, 5) is 17.1. The van der Waals surface area contributed by atoms with Crippen molar-refractivity contribution in [2.45, 2.75) is 13.8 Å². The van der Waals surface area contributed by atoms with Crippen LogP contribution in [0.5, 0.6) is 0 Å². The lowest BCUT2D eigenvalue weighted by atomic mass is 10.1. The van der Waals surface area contributed by atoms with Crippen molar-refractivity contribution < 1.29 is 4.92 Å². The van der Waals surface area contributed by atoms with E-state index in [0.717, 1.165) is 15.5 Å². The van der Waals surface area contributed by atoms with Crippen LogP contribution in [0, 0.1) is 24.0 Å². The van der Waals surface area contributed by atoms with Crippen LogP contribution in [0.1, 0.15) is 16.3 Å². The van der Waals surface area contributed by atoms with Crippen LogP contribution in [-0.4, -0.2) is 26.5 Å². The van der Waals surface area contributed by atoms with Crippen LogP contribution in [0.4, 0.5) is 5.69 Å². The maximum absolute atomic E-state index is 11.2. The third-order valence-corrected chi connectivity index (χ3v) is 5.12. The van der Waals surface area contributed by atoms with Crippen LogP contribution in [0.25, 0.3) is 16.2 Å². The summed E-state index contributed by atoms with van der Waals surface area (Å²) in [6.45, 7) is 3.94. The molecule has 4 N–H and O–H groups in total. The van der Waals surface area contributed by atoms with Crippen molar-refractivity contribution in [1.82, 2.24) is 9.38 Å². The number of hydrogen-bond donors (Lipinski definition) is 2. The minimum absolute atomic E-state index is 0.0579. The zero-order chi connectivity index (χ0) is 19.0. The van der Waals surface area contributed by atoms with E-state index in [-0.39, 0.29) is 16.7 Å². The van der Waals surface area contributed by atoms with Gasteiger partial charge in [-0.05, 0) is 19.9 Å². The summed E-state index contributed by atoms with van der Waals surface area (Å²) in [5.74, 6) is -0.177. The molecule has 0 saturated carbocycles. The van der Waals surface area contributed by atoms with E-state index in [9.17, 15) is 10.1 Å². The molecule has 2 aromatic heterocycles. The highest BCUT2D eigenvalue weighted by molar-refractivity contribution is 7.17. The Labute approximate surface area is 156 Å². The smallest absolute Gasteiger partial charge is 0.288 e. The van der Waals surface area contributed by atoms with Gasteiger partial charge in [0.25, 0.3) is 5.69 Å². The van der Waals surface area contributed by atoms with Gasteiger partial charge in [-0.1, -0.05) is 17.7 Å². The van der Waals surface area contributed by atoms with Crippen LogP contribution in [0.2, 0.25) is 5.02 Å². The zero-order valence-corrected chi connectivity index (χ0v) is 15.4. The van der Waals surface area contributed by atoms with Crippen molar-refractivity contribution in [3.63, 3.8) is 0 Å². The number of imidazole rings is 1. The van der Waals surface area contributed by atoms with Gasteiger partial charge >= 0.3 is 0 Å². The molecule has 0 bridgehead atoms. The van der Waals surface area contributed by atoms with Crippen LogP contribution in [0.3, 0.4) is 0 Å². The van der Waals surface area contributed by atoms with Crippen molar-refractivity contribution >= 4 is 45.8 Å². The zero-order valence-electron chi connectivity index (χ0n) is 13.8. The van der Waals surface area contributed by atoms with E-state index >= 15 is 0 Å². The number of hydrogen-bond acceptors (Lipinski definition) is 6. The summed E-state index contributed by atoms with van der Waals surface area (Å²) < 4.78 is 1.90. The summed E-state index contributed by atoms with van der Waals surface area (Å²) in [6.07, 6.45) is 1.47. The SMILES string of the molecule is Cc1sc2nc(-c3ccc(Cl)c([N+](=O)[O-])c3)c(C=NN=C(N)N)n2c1C. The number of aromatic nitrogens is 2. The number of nitrogens with two attached hydrogens (primary N) is 2. The largest absolute Gasteiger partial charge is 0.369 e. The number of halogens is 1. The van der Waals surface area contributed by atoms with Crippen LogP contribution >= 0.6 is 22.9 Å². The Balaban J connectivity index is 2.26. The van der Waals surface area contributed by atoms with Crippen molar-refractivity contribution in [3.8, 4) is 11.3 Å². The number of guanidine groups is 1. The number of aryl methyl sites for hydroxylation is 2. The number of nitrogens with zero attached hydrogens (tertiary/aromatic N) is 5. The first-order valence-corrected chi connectivity index (χ1v) is 8.53. The van der Waals surface area contributed by atoms with Crippen molar-refractivity contribution in [2.75, 3.05) is 0 Å². The summed E-state index contributed by atoms with van der Waals surface area (Å²) in [6, 6.07) is 4.52. The molecular formula is C15H14ClN7O2S. The predicted octanol–water partition coefficient (Wildman–Crippen LogP) is 2.85. The molecule has 26 heavy (non-hydrogen) atoms. The molecule has 11 heteroatoms. The minimum atomic E-state index is -0.535. The number of nitro benzene ring substituents is 1. The fourth-order valence-electron chi connectivity index (χ4n) is 2.45. The van der Waals surface area contributed by atoms with E-state index in [0.29, 0.717) is 17.0 Å². The number of rotatable bonds is 4. The van der Waals surface area contributed by atoms with Gasteiger partial charge in [0.15, 0.2) is 4.96 Å². The van der Waals surface area contributed by atoms with Crippen molar-refractivity contribution in [3.05, 3.63) is 49.6 Å². The first kappa shape index (κ1) is 17.8. The molecule has 9 nitrogen and oxygen atoms in total. The maximum Gasteiger partial charge on any atom is 0.288 e. The van der Waals surface area contributed by atoms with E-state index in [1.54, 1.807) is 6.07 Å². The molecule has 0 atom stereocenters. The molecule has 0 spiro atoms. The lowest BCUT2D eigenvalue weighted by Gasteiger charge is -2.02. The molecular weight excluding hydrogens is 378 g/mol. The van der Waals surface area contributed by atoms with Crippen molar-refractivity contribution in [2.24, 2.45) is 21.7 Å². The Morgan fingerprint density at radius 1 is 1.42 bits per heavy atom. The molecule has 0 aliphatic rings. The van der Waals surface area contributed by atoms with Gasteiger partial charge in [0, 0.05) is 22.2 Å². The maximum atomic E-state index is 11.2. The average molecular weight is 392 g/mol. The summed E-state index contributed by atoms with van der Waals surface area (Å²) >= 11 is 7.41. The number of benzene rings is 1. The number of thiazole rings is 1. The second kappa shape index (κ2) is 6.73. The Morgan fingerprint density at radius 2 is 2.15 bits per heavy atom. The van der Waals surface area contributed by atoms with Gasteiger partial charge < -0.3 is 11.5 Å². The molecule has 0 amide bonds. The molecule has 0 aliphatic carbocycles. The van der Waals surface area contributed by atoms with Crippen LogP contribution in [0.15, 0.2) is 28.4 Å². The third kappa shape index (κ3) is 3.11. The lowest BCUT2D eigenvalue weighted by Crippen LogP contribution is -2.21. The van der Waals surface area contributed by atoms with E-state index in [2.05, 4.69) is 15.2 Å². The second-order valence-electron chi connectivity index (χ2n) is 5.40. The molecule has 134 valence electrons. The summed E-state index contributed by atoms with van der Waals surface area (Å²) in [7, 11) is 0. The molecule has 0 unspecified atom stereocenters. The standard InChI is InChI=1S/C15H14ClN7O2S/c1-7-8(2)26-15-20-13(12(22(7)15)6-19-21-14(17)18)9-3-4-10(16)11(5-9)23(24)25/h3-6H,1-2H3,(H4,17,18,21). The first-order chi connectivity index (χ1) is 12.3. The van der Waals surface area contributed by atoms with Gasteiger partial charge in [0.2, 0.25) is 5.96 Å². The quantitative estimate of drug-likeness (QED) is 0.305. The first-order valence-electron chi connectivity index (χ1n) is 7.34. The van der Waals surface area contributed by atoms with Gasteiger partial charge in [-0.25, -0.2) is 4.98 Å².